The highest BCUT2D eigenvalue weighted by molar-refractivity contribution is 7.89. The molecule has 0 radical (unpaired) electrons. The first-order chi connectivity index (χ1) is 16.3. The van der Waals surface area contributed by atoms with E-state index in [1.54, 1.807) is 42.5 Å². The molecule has 0 fully saturated rings. The Bertz CT molecular complexity index is 1450. The fourth-order valence-electron chi connectivity index (χ4n) is 3.29. The quantitative estimate of drug-likeness (QED) is 0.361. The lowest BCUT2D eigenvalue weighted by molar-refractivity contribution is 0.102. The average Bonchev–Trinajstić information content (AvgIpc) is 3.26. The fourth-order valence-corrected chi connectivity index (χ4v) is 4.63. The molecule has 34 heavy (non-hydrogen) atoms. The van der Waals surface area contributed by atoms with Gasteiger partial charge in [0.2, 0.25) is 10.0 Å². The Balaban J connectivity index is 1.56. The van der Waals surface area contributed by atoms with Gasteiger partial charge in [-0.2, -0.15) is 0 Å². The number of anilines is 1. The molecule has 0 aliphatic heterocycles. The van der Waals surface area contributed by atoms with Crippen LogP contribution in [0.3, 0.4) is 0 Å². The summed E-state index contributed by atoms with van der Waals surface area (Å²) in [5.41, 5.74) is 2.64. The summed E-state index contributed by atoms with van der Waals surface area (Å²) in [6.07, 6.45) is 0.658. The molecule has 1 heterocycles. The summed E-state index contributed by atoms with van der Waals surface area (Å²) < 4.78 is 39.3. The van der Waals surface area contributed by atoms with Gasteiger partial charge in [0.25, 0.3) is 5.91 Å². The van der Waals surface area contributed by atoms with Crippen LogP contribution in [0.25, 0.3) is 11.1 Å². The SMILES string of the molecule is CCc1nc2cc(NC(=O)c3ccc(OC)c(S(=O)(=O)NCc4ccc(Cl)cc4)c3)ccc2o1. The summed E-state index contributed by atoms with van der Waals surface area (Å²) in [7, 11) is -2.61. The van der Waals surface area contributed by atoms with E-state index in [0.717, 1.165) is 5.56 Å². The molecule has 0 aliphatic carbocycles. The van der Waals surface area contributed by atoms with Crippen LogP contribution in [0, 0.1) is 0 Å². The van der Waals surface area contributed by atoms with Crippen molar-refractivity contribution in [2.45, 2.75) is 24.8 Å². The molecule has 0 aliphatic rings. The number of rotatable bonds is 8. The highest BCUT2D eigenvalue weighted by Crippen LogP contribution is 2.26. The van der Waals surface area contributed by atoms with Crippen LogP contribution in [0.2, 0.25) is 5.02 Å². The summed E-state index contributed by atoms with van der Waals surface area (Å²) >= 11 is 5.88. The van der Waals surface area contributed by atoms with Crippen LogP contribution in [0.5, 0.6) is 5.75 Å². The van der Waals surface area contributed by atoms with E-state index in [0.29, 0.717) is 34.1 Å². The molecule has 0 atom stereocenters. The molecule has 176 valence electrons. The lowest BCUT2D eigenvalue weighted by atomic mass is 10.2. The van der Waals surface area contributed by atoms with Crippen LogP contribution in [-0.4, -0.2) is 26.4 Å². The number of ether oxygens (including phenoxy) is 1. The summed E-state index contributed by atoms with van der Waals surface area (Å²) in [6.45, 7) is 1.99. The molecular formula is C24H22ClN3O5S. The smallest absolute Gasteiger partial charge is 0.255 e. The molecule has 1 aromatic heterocycles. The summed E-state index contributed by atoms with van der Waals surface area (Å²) in [5.74, 6) is 0.251. The van der Waals surface area contributed by atoms with Gasteiger partial charge < -0.3 is 14.5 Å². The van der Waals surface area contributed by atoms with Gasteiger partial charge in [0.05, 0.1) is 7.11 Å². The Morgan fingerprint density at radius 2 is 1.85 bits per heavy atom. The first kappa shape index (κ1) is 23.7. The number of oxazole rings is 1. The maximum atomic E-state index is 13.0. The van der Waals surface area contributed by atoms with Crippen molar-refractivity contribution in [3.05, 3.63) is 82.7 Å². The van der Waals surface area contributed by atoms with Crippen molar-refractivity contribution in [3.63, 3.8) is 0 Å². The number of hydrogen-bond donors (Lipinski definition) is 2. The van der Waals surface area contributed by atoms with Crippen LogP contribution in [-0.2, 0) is 23.0 Å². The number of nitrogens with zero attached hydrogens (tertiary/aromatic N) is 1. The molecular weight excluding hydrogens is 478 g/mol. The van der Waals surface area contributed by atoms with Crippen LogP contribution in [0.1, 0.15) is 28.7 Å². The van der Waals surface area contributed by atoms with Gasteiger partial charge in [-0.25, -0.2) is 18.1 Å². The first-order valence-corrected chi connectivity index (χ1v) is 12.3. The zero-order valence-corrected chi connectivity index (χ0v) is 20.0. The molecule has 0 unspecified atom stereocenters. The second-order valence-electron chi connectivity index (χ2n) is 7.41. The Morgan fingerprint density at radius 3 is 2.56 bits per heavy atom. The third kappa shape index (κ3) is 5.22. The van der Waals surface area contributed by atoms with Gasteiger partial charge in [-0.05, 0) is 54.1 Å². The minimum absolute atomic E-state index is 0.0521. The summed E-state index contributed by atoms with van der Waals surface area (Å²) in [6, 6.07) is 16.1. The van der Waals surface area contributed by atoms with Crippen LogP contribution >= 0.6 is 11.6 Å². The Hall–Kier alpha value is -3.40. The lowest BCUT2D eigenvalue weighted by Crippen LogP contribution is -2.24. The number of carbonyl (C=O) groups excluding carboxylic acids is 1. The van der Waals surface area contributed by atoms with Gasteiger partial charge in [0.15, 0.2) is 11.5 Å². The summed E-state index contributed by atoms with van der Waals surface area (Å²) in [4.78, 5) is 17.1. The molecule has 4 aromatic rings. The molecule has 8 nitrogen and oxygen atoms in total. The minimum Gasteiger partial charge on any atom is -0.495 e. The zero-order valence-electron chi connectivity index (χ0n) is 18.5. The van der Waals surface area contributed by atoms with E-state index in [1.807, 2.05) is 6.92 Å². The number of methoxy groups -OCH3 is 1. The van der Waals surface area contributed by atoms with Crippen molar-refractivity contribution >= 4 is 44.3 Å². The zero-order chi connectivity index (χ0) is 24.3. The van der Waals surface area contributed by atoms with E-state index in [9.17, 15) is 13.2 Å². The number of aromatic nitrogens is 1. The number of fused-ring (bicyclic) bond motifs is 1. The van der Waals surface area contributed by atoms with Crippen molar-refractivity contribution in [2.75, 3.05) is 12.4 Å². The van der Waals surface area contributed by atoms with E-state index in [2.05, 4.69) is 15.0 Å². The summed E-state index contributed by atoms with van der Waals surface area (Å²) in [5, 5.41) is 3.32. The number of hydrogen-bond acceptors (Lipinski definition) is 6. The van der Waals surface area contributed by atoms with E-state index in [-0.39, 0.29) is 22.8 Å². The van der Waals surface area contributed by atoms with Gasteiger partial charge in [-0.3, -0.25) is 4.79 Å². The number of amides is 1. The number of carbonyl (C=O) groups is 1. The predicted octanol–water partition coefficient (Wildman–Crippen LogP) is 4.78. The topological polar surface area (TPSA) is 111 Å². The Kier molecular flexibility index (Phi) is 6.87. The Labute approximate surface area is 202 Å². The first-order valence-electron chi connectivity index (χ1n) is 10.4. The van der Waals surface area contributed by atoms with Crippen molar-refractivity contribution in [2.24, 2.45) is 0 Å². The van der Waals surface area contributed by atoms with E-state index in [1.165, 1.54) is 25.3 Å². The molecule has 0 saturated carbocycles. The molecule has 1 amide bonds. The predicted molar refractivity (Wildman–Crippen MR) is 130 cm³/mol. The number of nitrogens with one attached hydrogen (secondary N) is 2. The van der Waals surface area contributed by atoms with E-state index >= 15 is 0 Å². The number of benzene rings is 3. The monoisotopic (exact) mass is 499 g/mol. The average molecular weight is 500 g/mol. The largest absolute Gasteiger partial charge is 0.495 e. The number of halogens is 1. The van der Waals surface area contributed by atoms with Crippen LogP contribution in [0.4, 0.5) is 5.69 Å². The van der Waals surface area contributed by atoms with Crippen molar-refractivity contribution < 1.29 is 22.4 Å². The normalized spacial score (nSPS) is 11.5. The molecule has 10 heteroatoms. The van der Waals surface area contributed by atoms with Crippen molar-refractivity contribution in [3.8, 4) is 5.75 Å². The Morgan fingerprint density at radius 1 is 1.09 bits per heavy atom. The molecule has 0 bridgehead atoms. The van der Waals surface area contributed by atoms with E-state index in [4.69, 9.17) is 20.8 Å². The second-order valence-corrected chi connectivity index (χ2v) is 9.59. The van der Waals surface area contributed by atoms with Crippen molar-refractivity contribution in [1.82, 2.24) is 9.71 Å². The van der Waals surface area contributed by atoms with Crippen LogP contribution in [0.15, 0.2) is 70.0 Å². The van der Waals surface area contributed by atoms with Gasteiger partial charge in [-0.1, -0.05) is 30.7 Å². The fraction of sp³-hybridized carbons (Fsp3) is 0.167. The maximum absolute atomic E-state index is 13.0. The molecule has 2 N–H and O–H groups in total. The lowest BCUT2D eigenvalue weighted by Gasteiger charge is -2.13. The second kappa shape index (κ2) is 9.84. The van der Waals surface area contributed by atoms with Crippen LogP contribution < -0.4 is 14.8 Å². The maximum Gasteiger partial charge on any atom is 0.255 e. The van der Waals surface area contributed by atoms with E-state index < -0.39 is 15.9 Å². The third-order valence-corrected chi connectivity index (χ3v) is 6.76. The molecule has 4 rings (SSSR count). The molecule has 0 saturated heterocycles. The van der Waals surface area contributed by atoms with Gasteiger partial charge in [-0.15, -0.1) is 0 Å². The van der Waals surface area contributed by atoms with Crippen molar-refractivity contribution in [1.29, 1.82) is 0 Å². The van der Waals surface area contributed by atoms with Gasteiger partial charge >= 0.3 is 0 Å². The third-order valence-electron chi connectivity index (χ3n) is 5.09. The standard InChI is InChI=1S/C24H22ClN3O5S/c1-3-23-28-19-13-18(9-11-20(19)33-23)27-24(29)16-6-10-21(32-2)22(12-16)34(30,31)26-14-15-4-7-17(25)8-5-15/h4-13,26H,3,14H2,1-2H3,(H,27,29). The minimum atomic E-state index is -3.98. The number of sulfonamides is 1. The van der Waals surface area contributed by atoms with Gasteiger partial charge in [0, 0.05) is 29.2 Å². The molecule has 0 spiro atoms. The molecule has 3 aromatic carbocycles. The highest BCUT2D eigenvalue weighted by Gasteiger charge is 2.22. The highest BCUT2D eigenvalue weighted by atomic mass is 35.5. The van der Waals surface area contributed by atoms with Gasteiger partial charge in [0.1, 0.15) is 16.2 Å². The number of aryl methyl sites for hydroxylation is 1.